The highest BCUT2D eigenvalue weighted by Crippen LogP contribution is 2.26. The summed E-state index contributed by atoms with van der Waals surface area (Å²) in [5, 5.41) is 5.95. The molecular formula is C18H18N4O3S. The van der Waals surface area contributed by atoms with Gasteiger partial charge in [-0.25, -0.2) is 0 Å². The average Bonchev–Trinajstić information content (AvgIpc) is 3.39. The second-order valence-electron chi connectivity index (χ2n) is 5.94. The van der Waals surface area contributed by atoms with Crippen LogP contribution >= 0.6 is 11.3 Å². The van der Waals surface area contributed by atoms with E-state index in [1.54, 1.807) is 17.5 Å². The number of nitrogens with zero attached hydrogens (tertiary/aromatic N) is 4. The predicted molar refractivity (Wildman–Crippen MR) is 95.4 cm³/mol. The summed E-state index contributed by atoms with van der Waals surface area (Å²) in [6, 6.07) is 9.55. The molecule has 0 saturated carbocycles. The smallest absolute Gasteiger partial charge is 0.227 e. The normalized spacial score (nSPS) is 17.4. The van der Waals surface area contributed by atoms with Gasteiger partial charge in [0.2, 0.25) is 17.6 Å². The van der Waals surface area contributed by atoms with Gasteiger partial charge >= 0.3 is 0 Å². The van der Waals surface area contributed by atoms with E-state index in [1.165, 1.54) is 0 Å². The van der Waals surface area contributed by atoms with Gasteiger partial charge < -0.3 is 14.2 Å². The lowest BCUT2D eigenvalue weighted by Gasteiger charge is -2.32. The van der Waals surface area contributed by atoms with Crippen LogP contribution < -0.4 is 0 Å². The first kappa shape index (κ1) is 16.9. The van der Waals surface area contributed by atoms with E-state index in [0.717, 1.165) is 4.88 Å². The third-order valence-corrected chi connectivity index (χ3v) is 5.16. The summed E-state index contributed by atoms with van der Waals surface area (Å²) < 4.78 is 11.0. The Labute approximate surface area is 154 Å². The lowest BCUT2D eigenvalue weighted by Crippen LogP contribution is -2.42. The Morgan fingerprint density at radius 2 is 2.27 bits per heavy atom. The van der Waals surface area contributed by atoms with Crippen molar-refractivity contribution in [1.82, 2.24) is 20.0 Å². The molecule has 1 aliphatic rings. The Balaban J connectivity index is 1.33. The number of carbonyl (C=O) groups excluding carboxylic acids is 1. The standard InChI is InChI=1S/C18H18N4O3S/c23-17(22-9-10-24-14(12-22)15-5-3-11-26-15)7-6-16-20-18(21-25-16)13-4-1-2-8-19-13/h1-5,8,11,14H,6-7,9-10,12H2. The van der Waals surface area contributed by atoms with Crippen molar-refractivity contribution < 1.29 is 14.1 Å². The molecule has 3 aromatic heterocycles. The number of carbonyl (C=O) groups is 1. The van der Waals surface area contributed by atoms with Crippen molar-refractivity contribution in [3.63, 3.8) is 0 Å². The predicted octanol–water partition coefficient (Wildman–Crippen LogP) is 2.73. The zero-order valence-corrected chi connectivity index (χ0v) is 14.9. The van der Waals surface area contributed by atoms with Crippen LogP contribution in [0.1, 0.15) is 23.3 Å². The van der Waals surface area contributed by atoms with E-state index >= 15 is 0 Å². The molecule has 8 heteroatoms. The highest BCUT2D eigenvalue weighted by atomic mass is 32.1. The van der Waals surface area contributed by atoms with Gasteiger partial charge in [0.05, 0.1) is 13.2 Å². The molecule has 4 heterocycles. The first-order valence-electron chi connectivity index (χ1n) is 8.46. The molecule has 1 unspecified atom stereocenters. The fourth-order valence-electron chi connectivity index (χ4n) is 2.85. The molecule has 0 bridgehead atoms. The van der Waals surface area contributed by atoms with Crippen molar-refractivity contribution in [3.8, 4) is 11.5 Å². The topological polar surface area (TPSA) is 81.3 Å². The summed E-state index contributed by atoms with van der Waals surface area (Å²) in [6.45, 7) is 1.75. The van der Waals surface area contributed by atoms with Gasteiger partial charge in [0.15, 0.2) is 0 Å². The van der Waals surface area contributed by atoms with Gasteiger partial charge in [0.25, 0.3) is 0 Å². The molecule has 1 amide bonds. The number of hydrogen-bond donors (Lipinski definition) is 0. The minimum Gasteiger partial charge on any atom is -0.369 e. The summed E-state index contributed by atoms with van der Waals surface area (Å²) >= 11 is 1.65. The van der Waals surface area contributed by atoms with Crippen molar-refractivity contribution in [1.29, 1.82) is 0 Å². The fourth-order valence-corrected chi connectivity index (χ4v) is 3.62. The van der Waals surface area contributed by atoms with Crippen LogP contribution in [0.5, 0.6) is 0 Å². The van der Waals surface area contributed by atoms with E-state index in [9.17, 15) is 4.79 Å². The van der Waals surface area contributed by atoms with Crippen LogP contribution in [0.25, 0.3) is 11.5 Å². The molecule has 134 valence electrons. The number of thiophene rings is 1. The van der Waals surface area contributed by atoms with E-state index in [1.807, 2.05) is 40.6 Å². The van der Waals surface area contributed by atoms with Crippen LogP contribution in [-0.4, -0.2) is 45.6 Å². The Hall–Kier alpha value is -2.58. The van der Waals surface area contributed by atoms with E-state index in [0.29, 0.717) is 49.9 Å². The Morgan fingerprint density at radius 3 is 3.08 bits per heavy atom. The van der Waals surface area contributed by atoms with Gasteiger partial charge in [-0.2, -0.15) is 4.98 Å². The lowest BCUT2D eigenvalue weighted by atomic mass is 10.2. The number of aryl methyl sites for hydroxylation is 1. The zero-order chi connectivity index (χ0) is 17.8. The molecule has 0 aliphatic carbocycles. The number of morpholine rings is 1. The third kappa shape index (κ3) is 3.81. The van der Waals surface area contributed by atoms with Gasteiger partial charge in [-0.3, -0.25) is 9.78 Å². The summed E-state index contributed by atoms with van der Waals surface area (Å²) in [7, 11) is 0. The van der Waals surface area contributed by atoms with Gasteiger partial charge in [-0.05, 0) is 23.6 Å². The number of pyridine rings is 1. The van der Waals surface area contributed by atoms with Crippen LogP contribution in [-0.2, 0) is 16.0 Å². The SMILES string of the molecule is O=C(CCc1nc(-c2ccccn2)no1)N1CCOC(c2cccs2)C1. The highest BCUT2D eigenvalue weighted by Gasteiger charge is 2.26. The van der Waals surface area contributed by atoms with Crippen LogP contribution in [0.3, 0.4) is 0 Å². The number of rotatable bonds is 5. The Kier molecular flexibility index (Phi) is 5.03. The summed E-state index contributed by atoms with van der Waals surface area (Å²) in [4.78, 5) is 24.0. The molecule has 26 heavy (non-hydrogen) atoms. The summed E-state index contributed by atoms with van der Waals surface area (Å²) in [5.41, 5.74) is 0.654. The molecular weight excluding hydrogens is 352 g/mol. The second kappa shape index (κ2) is 7.76. The maximum atomic E-state index is 12.5. The maximum absolute atomic E-state index is 12.5. The lowest BCUT2D eigenvalue weighted by molar-refractivity contribution is -0.138. The number of aromatic nitrogens is 3. The van der Waals surface area contributed by atoms with Crippen LogP contribution in [0.4, 0.5) is 0 Å². The van der Waals surface area contributed by atoms with Gasteiger partial charge in [0, 0.05) is 30.5 Å². The molecule has 0 N–H and O–H groups in total. The largest absolute Gasteiger partial charge is 0.369 e. The van der Waals surface area contributed by atoms with Crippen LogP contribution in [0.2, 0.25) is 0 Å². The molecule has 3 aromatic rings. The second-order valence-corrected chi connectivity index (χ2v) is 6.92. The monoisotopic (exact) mass is 370 g/mol. The minimum atomic E-state index is -0.0353. The number of hydrogen-bond acceptors (Lipinski definition) is 7. The van der Waals surface area contributed by atoms with Crippen molar-refractivity contribution in [3.05, 3.63) is 52.7 Å². The first-order chi connectivity index (χ1) is 12.8. The Bertz CT molecular complexity index is 850. The average molecular weight is 370 g/mol. The number of amides is 1. The molecule has 0 spiro atoms. The van der Waals surface area contributed by atoms with Crippen molar-refractivity contribution in [2.45, 2.75) is 18.9 Å². The van der Waals surface area contributed by atoms with Crippen molar-refractivity contribution in [2.24, 2.45) is 0 Å². The van der Waals surface area contributed by atoms with Gasteiger partial charge in [-0.1, -0.05) is 17.3 Å². The summed E-state index contributed by atoms with van der Waals surface area (Å²) in [6.07, 6.45) is 2.39. The maximum Gasteiger partial charge on any atom is 0.227 e. The molecule has 1 saturated heterocycles. The van der Waals surface area contributed by atoms with E-state index < -0.39 is 0 Å². The number of ether oxygens (including phenoxy) is 1. The van der Waals surface area contributed by atoms with Gasteiger partial charge in [0.1, 0.15) is 11.8 Å². The van der Waals surface area contributed by atoms with E-state index in [2.05, 4.69) is 15.1 Å². The molecule has 4 rings (SSSR count). The Morgan fingerprint density at radius 1 is 1.31 bits per heavy atom. The molecule has 7 nitrogen and oxygen atoms in total. The first-order valence-corrected chi connectivity index (χ1v) is 9.34. The third-order valence-electron chi connectivity index (χ3n) is 4.19. The minimum absolute atomic E-state index is 0.0353. The van der Waals surface area contributed by atoms with Crippen LogP contribution in [0.15, 0.2) is 46.4 Å². The fraction of sp³-hybridized carbons (Fsp3) is 0.333. The molecule has 1 fully saturated rings. The van der Waals surface area contributed by atoms with Crippen molar-refractivity contribution in [2.75, 3.05) is 19.7 Å². The van der Waals surface area contributed by atoms with Crippen LogP contribution in [0, 0.1) is 0 Å². The summed E-state index contributed by atoms with van der Waals surface area (Å²) in [5.74, 6) is 0.965. The molecule has 1 atom stereocenters. The zero-order valence-electron chi connectivity index (χ0n) is 14.1. The van der Waals surface area contributed by atoms with E-state index in [4.69, 9.17) is 9.26 Å². The van der Waals surface area contributed by atoms with Gasteiger partial charge in [-0.15, -0.1) is 11.3 Å². The highest BCUT2D eigenvalue weighted by molar-refractivity contribution is 7.10. The molecule has 0 radical (unpaired) electrons. The van der Waals surface area contributed by atoms with E-state index in [-0.39, 0.29) is 12.0 Å². The molecule has 0 aromatic carbocycles. The quantitative estimate of drug-likeness (QED) is 0.687. The van der Waals surface area contributed by atoms with Crippen molar-refractivity contribution >= 4 is 17.2 Å². The molecule has 1 aliphatic heterocycles.